The van der Waals surface area contributed by atoms with E-state index in [1.807, 2.05) is 11.9 Å². The largest absolute Gasteiger partial charge is 0.343 e. The fraction of sp³-hybridized carbons (Fsp3) is 0.812. The molecule has 6 nitrogen and oxygen atoms in total. The molecule has 132 valence electrons. The van der Waals surface area contributed by atoms with Crippen LogP contribution in [0.15, 0.2) is 4.52 Å². The third-order valence-electron chi connectivity index (χ3n) is 4.17. The maximum Gasteiger partial charge on any atom is 0.226 e. The average Bonchev–Trinajstić information content (AvgIpc) is 2.96. The fourth-order valence-corrected chi connectivity index (χ4v) is 2.63. The molecule has 0 bridgehead atoms. The van der Waals surface area contributed by atoms with Crippen LogP contribution < -0.4 is 5.32 Å². The summed E-state index contributed by atoms with van der Waals surface area (Å²) in [4.78, 5) is 18.5. The smallest absolute Gasteiger partial charge is 0.226 e. The summed E-state index contributed by atoms with van der Waals surface area (Å²) in [6, 6.07) is 0.379. The molecule has 0 saturated carbocycles. The van der Waals surface area contributed by atoms with E-state index in [2.05, 4.69) is 36.2 Å². The first-order chi connectivity index (χ1) is 10.4. The van der Waals surface area contributed by atoms with Gasteiger partial charge < -0.3 is 14.7 Å². The van der Waals surface area contributed by atoms with Crippen LogP contribution in [0.2, 0.25) is 0 Å². The van der Waals surface area contributed by atoms with Gasteiger partial charge in [-0.05, 0) is 32.4 Å². The third kappa shape index (κ3) is 5.77. The van der Waals surface area contributed by atoms with E-state index >= 15 is 0 Å². The minimum atomic E-state index is -0.104. The number of rotatable bonds is 5. The first-order valence-corrected chi connectivity index (χ1v) is 8.17. The molecule has 0 radical (unpaired) electrons. The van der Waals surface area contributed by atoms with Gasteiger partial charge >= 0.3 is 0 Å². The highest BCUT2D eigenvalue weighted by Crippen LogP contribution is 2.19. The molecule has 7 heteroatoms. The van der Waals surface area contributed by atoms with Crippen LogP contribution in [0.1, 0.15) is 58.2 Å². The number of aryl methyl sites for hydroxylation is 1. The van der Waals surface area contributed by atoms with Crippen LogP contribution in [0, 0.1) is 0 Å². The Kier molecular flexibility index (Phi) is 7.48. The summed E-state index contributed by atoms with van der Waals surface area (Å²) in [7, 11) is 1.92. The SMILES string of the molecule is CN(C(=O)CCCc1nc(C(C)(C)C)no1)C1CCNCC1.Cl. The van der Waals surface area contributed by atoms with E-state index in [0.717, 1.165) is 38.2 Å². The minimum Gasteiger partial charge on any atom is -0.343 e. The number of hydrogen-bond acceptors (Lipinski definition) is 5. The van der Waals surface area contributed by atoms with Crippen molar-refractivity contribution < 1.29 is 9.32 Å². The van der Waals surface area contributed by atoms with E-state index < -0.39 is 0 Å². The Morgan fingerprint density at radius 3 is 2.57 bits per heavy atom. The summed E-state index contributed by atoms with van der Waals surface area (Å²) in [6.07, 6.45) is 4.03. The average molecular weight is 345 g/mol. The molecule has 2 heterocycles. The van der Waals surface area contributed by atoms with Crippen molar-refractivity contribution >= 4 is 18.3 Å². The molecule has 0 atom stereocenters. The molecular weight excluding hydrogens is 316 g/mol. The van der Waals surface area contributed by atoms with Gasteiger partial charge in [0.1, 0.15) is 0 Å². The van der Waals surface area contributed by atoms with E-state index in [0.29, 0.717) is 24.8 Å². The lowest BCUT2D eigenvalue weighted by molar-refractivity contribution is -0.132. The Bertz CT molecular complexity index is 493. The Labute approximate surface area is 144 Å². The predicted octanol–water partition coefficient (Wildman–Crippen LogP) is 2.32. The second kappa shape index (κ2) is 8.64. The molecule has 0 spiro atoms. The van der Waals surface area contributed by atoms with Crippen molar-refractivity contribution in [3.63, 3.8) is 0 Å². The molecule has 1 aliphatic rings. The lowest BCUT2D eigenvalue weighted by Gasteiger charge is -2.31. The van der Waals surface area contributed by atoms with Crippen LogP contribution in [0.3, 0.4) is 0 Å². The van der Waals surface area contributed by atoms with Gasteiger partial charge in [-0.2, -0.15) is 4.98 Å². The quantitative estimate of drug-likeness (QED) is 0.887. The Morgan fingerprint density at radius 1 is 1.35 bits per heavy atom. The second-order valence-corrected chi connectivity index (χ2v) is 7.10. The number of amides is 1. The molecule has 23 heavy (non-hydrogen) atoms. The Morgan fingerprint density at radius 2 is 2.00 bits per heavy atom. The third-order valence-corrected chi connectivity index (χ3v) is 4.17. The molecular formula is C16H29ClN4O2. The zero-order valence-corrected chi connectivity index (χ0v) is 15.4. The standard InChI is InChI=1S/C16H28N4O2.ClH/c1-16(2,3)15-18-13(22-19-15)6-5-7-14(21)20(4)12-8-10-17-11-9-12;/h12,17H,5-11H2,1-4H3;1H. The predicted molar refractivity (Wildman–Crippen MR) is 91.8 cm³/mol. The summed E-state index contributed by atoms with van der Waals surface area (Å²) in [6.45, 7) is 8.16. The first-order valence-electron chi connectivity index (χ1n) is 8.17. The first kappa shape index (κ1) is 19.9. The number of nitrogens with one attached hydrogen (secondary N) is 1. The van der Waals surface area contributed by atoms with Gasteiger partial charge in [-0.1, -0.05) is 25.9 Å². The molecule has 2 rings (SSSR count). The van der Waals surface area contributed by atoms with Crippen LogP contribution in [0.4, 0.5) is 0 Å². The molecule has 1 saturated heterocycles. The summed E-state index contributed by atoms with van der Waals surface area (Å²) in [5.41, 5.74) is -0.104. The molecule has 1 aliphatic heterocycles. The van der Waals surface area contributed by atoms with Crippen LogP contribution in [0.25, 0.3) is 0 Å². The van der Waals surface area contributed by atoms with Crippen molar-refractivity contribution in [1.29, 1.82) is 0 Å². The topological polar surface area (TPSA) is 71.3 Å². The molecule has 1 N–H and O–H groups in total. The van der Waals surface area contributed by atoms with Gasteiger partial charge in [-0.25, -0.2) is 0 Å². The van der Waals surface area contributed by atoms with E-state index in [9.17, 15) is 4.79 Å². The van der Waals surface area contributed by atoms with Crippen molar-refractivity contribution in [2.45, 2.75) is 64.3 Å². The minimum absolute atomic E-state index is 0. The molecule has 0 aliphatic carbocycles. The highest BCUT2D eigenvalue weighted by Gasteiger charge is 2.23. The van der Waals surface area contributed by atoms with E-state index in [1.165, 1.54) is 0 Å². The van der Waals surface area contributed by atoms with Crippen molar-refractivity contribution in [3.05, 3.63) is 11.7 Å². The Hall–Kier alpha value is -1.14. The number of carbonyl (C=O) groups is 1. The van der Waals surface area contributed by atoms with Crippen molar-refractivity contribution in [1.82, 2.24) is 20.4 Å². The number of aromatic nitrogens is 2. The van der Waals surface area contributed by atoms with Crippen molar-refractivity contribution in [2.24, 2.45) is 0 Å². The highest BCUT2D eigenvalue weighted by molar-refractivity contribution is 5.85. The lowest BCUT2D eigenvalue weighted by Crippen LogP contribution is -2.43. The number of nitrogens with zero attached hydrogens (tertiary/aromatic N) is 3. The lowest BCUT2D eigenvalue weighted by atomic mass is 9.96. The zero-order chi connectivity index (χ0) is 16.2. The molecule has 1 fully saturated rings. The van der Waals surface area contributed by atoms with Gasteiger partial charge in [0.25, 0.3) is 0 Å². The number of piperidine rings is 1. The van der Waals surface area contributed by atoms with Crippen LogP contribution in [-0.2, 0) is 16.6 Å². The van der Waals surface area contributed by atoms with E-state index in [1.54, 1.807) is 0 Å². The van der Waals surface area contributed by atoms with Gasteiger partial charge in [0.15, 0.2) is 5.82 Å². The summed E-state index contributed by atoms with van der Waals surface area (Å²) in [5, 5.41) is 7.33. The molecule has 1 aromatic heterocycles. The van der Waals surface area contributed by atoms with Crippen LogP contribution >= 0.6 is 12.4 Å². The number of halogens is 1. The number of hydrogen-bond donors (Lipinski definition) is 1. The van der Waals surface area contributed by atoms with Gasteiger partial charge in [-0.3, -0.25) is 4.79 Å². The van der Waals surface area contributed by atoms with Crippen LogP contribution in [0.5, 0.6) is 0 Å². The highest BCUT2D eigenvalue weighted by atomic mass is 35.5. The van der Waals surface area contributed by atoms with Gasteiger partial charge in [-0.15, -0.1) is 12.4 Å². The number of carbonyl (C=O) groups excluding carboxylic acids is 1. The molecule has 1 aromatic rings. The molecule has 1 amide bonds. The molecule has 0 unspecified atom stereocenters. The second-order valence-electron chi connectivity index (χ2n) is 7.10. The summed E-state index contributed by atoms with van der Waals surface area (Å²) >= 11 is 0. The van der Waals surface area contributed by atoms with Crippen LogP contribution in [-0.4, -0.2) is 47.1 Å². The summed E-state index contributed by atoms with van der Waals surface area (Å²) < 4.78 is 5.26. The van der Waals surface area contributed by atoms with Gasteiger partial charge in [0, 0.05) is 31.3 Å². The van der Waals surface area contributed by atoms with Gasteiger partial charge in [0.2, 0.25) is 11.8 Å². The Balaban J connectivity index is 0.00000264. The summed E-state index contributed by atoms with van der Waals surface area (Å²) in [5.74, 6) is 1.56. The maximum absolute atomic E-state index is 12.2. The molecule has 0 aromatic carbocycles. The van der Waals surface area contributed by atoms with Crippen molar-refractivity contribution in [2.75, 3.05) is 20.1 Å². The fourth-order valence-electron chi connectivity index (χ4n) is 2.63. The van der Waals surface area contributed by atoms with Crippen molar-refractivity contribution in [3.8, 4) is 0 Å². The monoisotopic (exact) mass is 344 g/mol. The zero-order valence-electron chi connectivity index (χ0n) is 14.6. The maximum atomic E-state index is 12.2. The van der Waals surface area contributed by atoms with E-state index in [-0.39, 0.29) is 23.7 Å². The van der Waals surface area contributed by atoms with E-state index in [4.69, 9.17) is 4.52 Å². The normalized spacial score (nSPS) is 16.0. The van der Waals surface area contributed by atoms with Gasteiger partial charge in [0.05, 0.1) is 0 Å².